The Balaban J connectivity index is 3.39. The molecule has 5 heteroatoms. The van der Waals surface area contributed by atoms with Gasteiger partial charge in [-0.3, -0.25) is 0 Å². The zero-order valence-electron chi connectivity index (χ0n) is 8.13. The zero-order chi connectivity index (χ0) is 10.7. The number of methoxy groups -OCH3 is 3. The monoisotopic (exact) mass is 234 g/mol. The summed E-state index contributed by atoms with van der Waals surface area (Å²) in [5.41, 5.74) is 0. The molecule has 1 aromatic carbocycles. The molecule has 14 heavy (non-hydrogen) atoms. The molecule has 0 aliphatic carbocycles. The fraction of sp³-hybridized carbons (Fsp3) is 0.333. The van der Waals surface area contributed by atoms with Crippen LogP contribution in [0, 0.1) is 0 Å². The van der Waals surface area contributed by atoms with E-state index in [0.717, 1.165) is 0 Å². The Morgan fingerprint density at radius 3 is 2.07 bits per heavy atom. The van der Waals surface area contributed by atoms with Crippen LogP contribution in [0.4, 0.5) is 0 Å². The fourth-order valence-corrected chi connectivity index (χ4v) is 1.80. The maximum atomic E-state index is 5.99. The van der Waals surface area contributed by atoms with Crippen molar-refractivity contribution in [2.45, 2.75) is 4.90 Å². The molecule has 0 saturated heterocycles. The Bertz CT molecular complexity index is 313. The Labute approximate surface area is 93.3 Å². The molecule has 0 spiro atoms. The van der Waals surface area contributed by atoms with Crippen molar-refractivity contribution in [2.24, 2.45) is 0 Å². The van der Waals surface area contributed by atoms with Crippen LogP contribution in [0.1, 0.15) is 0 Å². The predicted molar refractivity (Wildman–Crippen MR) is 58.4 cm³/mol. The van der Waals surface area contributed by atoms with E-state index in [9.17, 15) is 0 Å². The topological polar surface area (TPSA) is 27.7 Å². The van der Waals surface area contributed by atoms with Crippen LogP contribution in [0.3, 0.4) is 0 Å². The second kappa shape index (κ2) is 4.66. The number of rotatable bonds is 3. The first-order chi connectivity index (χ1) is 6.65. The van der Waals surface area contributed by atoms with Gasteiger partial charge in [-0.25, -0.2) is 0 Å². The predicted octanol–water partition coefficient (Wildman–Crippen LogP) is 2.65. The molecule has 0 aliphatic heterocycles. The van der Waals surface area contributed by atoms with Crippen LogP contribution in [0.2, 0.25) is 5.02 Å². The maximum Gasteiger partial charge on any atom is 0.158 e. The summed E-state index contributed by atoms with van der Waals surface area (Å²) in [7, 11) is 4.58. The van der Waals surface area contributed by atoms with E-state index in [0.29, 0.717) is 27.2 Å². The van der Waals surface area contributed by atoms with E-state index in [4.69, 9.17) is 25.8 Å². The van der Waals surface area contributed by atoms with Gasteiger partial charge in [-0.2, -0.15) is 0 Å². The molecule has 0 fully saturated rings. The minimum atomic E-state index is 0.390. The van der Waals surface area contributed by atoms with Crippen LogP contribution < -0.4 is 14.2 Å². The molecular formula is C9H11ClO3S. The number of ether oxygens (including phenoxy) is 3. The minimum Gasteiger partial charge on any atom is -0.495 e. The molecule has 0 aliphatic rings. The summed E-state index contributed by atoms with van der Waals surface area (Å²) in [6, 6.07) is 1.66. The molecule has 0 amide bonds. The van der Waals surface area contributed by atoms with Crippen molar-refractivity contribution in [3.05, 3.63) is 11.1 Å². The normalized spacial score (nSPS) is 9.79. The van der Waals surface area contributed by atoms with E-state index in [1.807, 2.05) is 0 Å². The van der Waals surface area contributed by atoms with E-state index in [1.54, 1.807) is 13.2 Å². The SMILES string of the molecule is COc1cc(OC)c(Cl)c(OC)c1S. The highest BCUT2D eigenvalue weighted by molar-refractivity contribution is 7.80. The lowest BCUT2D eigenvalue weighted by molar-refractivity contribution is 0.362. The third-order valence-corrected chi connectivity index (χ3v) is 2.55. The van der Waals surface area contributed by atoms with Crippen LogP contribution >= 0.6 is 24.2 Å². The average Bonchev–Trinajstić information content (AvgIpc) is 2.19. The van der Waals surface area contributed by atoms with Crippen molar-refractivity contribution >= 4 is 24.2 Å². The molecule has 1 aromatic rings. The summed E-state index contributed by atoms with van der Waals surface area (Å²) in [6.45, 7) is 0. The minimum absolute atomic E-state index is 0.390. The van der Waals surface area contributed by atoms with Crippen LogP contribution in [0.15, 0.2) is 11.0 Å². The highest BCUT2D eigenvalue weighted by atomic mass is 35.5. The molecule has 1 rings (SSSR count). The first kappa shape index (κ1) is 11.3. The van der Waals surface area contributed by atoms with Gasteiger partial charge >= 0.3 is 0 Å². The lowest BCUT2D eigenvalue weighted by Crippen LogP contribution is -1.94. The summed E-state index contributed by atoms with van der Waals surface area (Å²) in [4.78, 5) is 0.556. The van der Waals surface area contributed by atoms with Crippen molar-refractivity contribution in [1.82, 2.24) is 0 Å². The standard InChI is InChI=1S/C9H11ClO3S/c1-11-5-4-6(12-2)9(14)8(13-3)7(5)10/h4,14H,1-3H3. The molecular weight excluding hydrogens is 224 g/mol. The van der Waals surface area contributed by atoms with E-state index in [1.165, 1.54) is 14.2 Å². The van der Waals surface area contributed by atoms with Crippen LogP contribution in [-0.2, 0) is 0 Å². The summed E-state index contributed by atoms with van der Waals surface area (Å²) >= 11 is 10.2. The maximum absolute atomic E-state index is 5.99. The van der Waals surface area contributed by atoms with Gasteiger partial charge in [0, 0.05) is 6.07 Å². The van der Waals surface area contributed by atoms with Crippen molar-refractivity contribution in [1.29, 1.82) is 0 Å². The van der Waals surface area contributed by atoms with Gasteiger partial charge in [0.2, 0.25) is 0 Å². The van der Waals surface area contributed by atoms with Gasteiger partial charge in [-0.1, -0.05) is 11.6 Å². The molecule has 0 N–H and O–H groups in total. The summed E-state index contributed by atoms with van der Waals surface area (Å²) < 4.78 is 15.2. The highest BCUT2D eigenvalue weighted by Crippen LogP contribution is 2.44. The van der Waals surface area contributed by atoms with Gasteiger partial charge in [0.05, 0.1) is 26.2 Å². The third-order valence-electron chi connectivity index (χ3n) is 1.77. The van der Waals surface area contributed by atoms with Gasteiger partial charge in [-0.05, 0) is 0 Å². The van der Waals surface area contributed by atoms with Crippen molar-refractivity contribution in [3.63, 3.8) is 0 Å². The summed E-state index contributed by atoms with van der Waals surface area (Å²) in [6.07, 6.45) is 0. The number of thiol groups is 1. The average molecular weight is 235 g/mol. The quantitative estimate of drug-likeness (QED) is 0.815. The summed E-state index contributed by atoms with van der Waals surface area (Å²) in [5.74, 6) is 1.51. The van der Waals surface area contributed by atoms with Gasteiger partial charge < -0.3 is 14.2 Å². The van der Waals surface area contributed by atoms with Crippen LogP contribution in [0.25, 0.3) is 0 Å². The Morgan fingerprint density at radius 2 is 1.64 bits per heavy atom. The fourth-order valence-electron chi connectivity index (χ4n) is 1.07. The number of hydrogen-bond donors (Lipinski definition) is 1. The number of halogens is 1. The van der Waals surface area contributed by atoms with Crippen molar-refractivity contribution in [2.75, 3.05) is 21.3 Å². The molecule has 0 saturated carbocycles. The molecule has 0 heterocycles. The molecule has 0 atom stereocenters. The molecule has 0 unspecified atom stereocenters. The first-order valence-corrected chi connectivity index (χ1v) is 4.65. The van der Waals surface area contributed by atoms with Gasteiger partial charge in [0.1, 0.15) is 16.5 Å². The summed E-state index contributed by atoms with van der Waals surface area (Å²) in [5, 5.41) is 0.390. The molecule has 3 nitrogen and oxygen atoms in total. The van der Waals surface area contributed by atoms with E-state index in [-0.39, 0.29) is 0 Å². The van der Waals surface area contributed by atoms with Gasteiger partial charge in [-0.15, -0.1) is 12.6 Å². The van der Waals surface area contributed by atoms with Crippen molar-refractivity contribution < 1.29 is 14.2 Å². The van der Waals surface area contributed by atoms with Crippen LogP contribution in [-0.4, -0.2) is 21.3 Å². The van der Waals surface area contributed by atoms with E-state index in [2.05, 4.69) is 12.6 Å². The second-order valence-electron chi connectivity index (χ2n) is 2.48. The zero-order valence-corrected chi connectivity index (χ0v) is 9.78. The lowest BCUT2D eigenvalue weighted by atomic mass is 10.3. The molecule has 0 radical (unpaired) electrons. The number of hydrogen-bond acceptors (Lipinski definition) is 4. The highest BCUT2D eigenvalue weighted by Gasteiger charge is 2.16. The Morgan fingerprint density at radius 1 is 1.07 bits per heavy atom. The van der Waals surface area contributed by atoms with E-state index < -0.39 is 0 Å². The Kier molecular flexibility index (Phi) is 3.77. The van der Waals surface area contributed by atoms with Crippen LogP contribution in [0.5, 0.6) is 17.2 Å². The third kappa shape index (κ3) is 1.86. The van der Waals surface area contributed by atoms with Gasteiger partial charge in [0.15, 0.2) is 5.75 Å². The lowest BCUT2D eigenvalue weighted by Gasteiger charge is -2.13. The largest absolute Gasteiger partial charge is 0.495 e. The van der Waals surface area contributed by atoms with E-state index >= 15 is 0 Å². The molecule has 0 aromatic heterocycles. The van der Waals surface area contributed by atoms with Crippen molar-refractivity contribution in [3.8, 4) is 17.2 Å². The second-order valence-corrected chi connectivity index (χ2v) is 3.30. The Hall–Kier alpha value is -0.740. The molecule has 78 valence electrons. The molecule has 0 bridgehead atoms. The van der Waals surface area contributed by atoms with Gasteiger partial charge in [0.25, 0.3) is 0 Å². The first-order valence-electron chi connectivity index (χ1n) is 3.83. The smallest absolute Gasteiger partial charge is 0.158 e. The number of benzene rings is 1.